The van der Waals surface area contributed by atoms with Crippen molar-refractivity contribution in [1.82, 2.24) is 47.1 Å². The van der Waals surface area contributed by atoms with E-state index < -0.39 is 176 Å². The molecule has 0 saturated carbocycles. The Bertz CT molecular complexity index is 2390. The molecule has 27 heteroatoms. The number of methoxy groups -OCH3 is 1. The lowest BCUT2D eigenvalue weighted by Gasteiger charge is -2.32. The molecule has 9 amide bonds. The minimum atomic E-state index is -2.38. The van der Waals surface area contributed by atoms with E-state index in [0.717, 1.165) is 17.7 Å². The van der Waals surface area contributed by atoms with Crippen molar-refractivity contribution in [3.05, 3.63) is 23.3 Å². The molecule has 5 rings (SSSR count). The van der Waals surface area contributed by atoms with Gasteiger partial charge in [0, 0.05) is 42.0 Å². The highest BCUT2D eigenvalue weighted by molar-refractivity contribution is 7.98. The zero-order chi connectivity index (χ0) is 53.0. The number of nitrogens with zero attached hydrogens (tertiary/aromatic N) is 1. The van der Waals surface area contributed by atoms with Crippen LogP contribution in [0.1, 0.15) is 64.0 Å². The fourth-order valence-corrected chi connectivity index (χ4v) is 11.1. The molecular formula is C45H67N11O14S2. The maximum atomic E-state index is 15.1. The highest BCUT2D eigenvalue weighted by Gasteiger charge is 2.45. The van der Waals surface area contributed by atoms with Gasteiger partial charge in [0.15, 0.2) is 0 Å². The summed E-state index contributed by atoms with van der Waals surface area (Å²) in [5.74, 6) is -10.2. The third kappa shape index (κ3) is 14.2. The highest BCUT2D eigenvalue weighted by atomic mass is 32.2. The molecule has 2 bridgehead atoms. The molecular weight excluding hydrogens is 983 g/mol. The van der Waals surface area contributed by atoms with Gasteiger partial charge in [-0.3, -0.25) is 47.4 Å². The van der Waals surface area contributed by atoms with Gasteiger partial charge in [-0.15, -0.1) is 0 Å². The lowest BCUT2D eigenvalue weighted by Crippen LogP contribution is -2.62. The van der Waals surface area contributed by atoms with Crippen LogP contribution in [0.15, 0.2) is 17.2 Å². The molecule has 11 atom stereocenters. The van der Waals surface area contributed by atoms with E-state index in [1.54, 1.807) is 37.7 Å². The molecule has 72 heavy (non-hydrogen) atoms. The molecule has 0 spiro atoms. The van der Waals surface area contributed by atoms with Crippen molar-refractivity contribution in [2.45, 2.75) is 119 Å². The molecule has 2 unspecified atom stereocenters. The van der Waals surface area contributed by atoms with Crippen molar-refractivity contribution in [2.75, 3.05) is 51.4 Å². The maximum Gasteiger partial charge on any atom is 0.246 e. The summed E-state index contributed by atoms with van der Waals surface area (Å²) >= 11 is 1.55. The van der Waals surface area contributed by atoms with Gasteiger partial charge in [0.2, 0.25) is 53.2 Å². The van der Waals surface area contributed by atoms with Crippen LogP contribution in [0.3, 0.4) is 0 Å². The third-order valence-electron chi connectivity index (χ3n) is 13.0. The van der Waals surface area contributed by atoms with Gasteiger partial charge in [0.25, 0.3) is 0 Å². The molecule has 3 aliphatic heterocycles. The number of ether oxygens (including phenoxy) is 1. The monoisotopic (exact) mass is 1050 g/mol. The van der Waals surface area contributed by atoms with Gasteiger partial charge in [0.05, 0.1) is 67.5 Å². The van der Waals surface area contributed by atoms with E-state index in [9.17, 15) is 58.5 Å². The van der Waals surface area contributed by atoms with Gasteiger partial charge in [-0.1, -0.05) is 27.2 Å². The number of rotatable bonds is 14. The summed E-state index contributed by atoms with van der Waals surface area (Å²) < 4.78 is 20.8. The number of H-pyrrole nitrogens is 1. The Balaban J connectivity index is 1.79. The van der Waals surface area contributed by atoms with Crippen LogP contribution in [0.5, 0.6) is 5.75 Å². The van der Waals surface area contributed by atoms with E-state index >= 15 is 4.21 Å². The molecule has 2 aromatic rings. The molecule has 1 saturated heterocycles. The van der Waals surface area contributed by atoms with Gasteiger partial charge >= 0.3 is 0 Å². The zero-order valence-corrected chi connectivity index (χ0v) is 42.2. The summed E-state index contributed by atoms with van der Waals surface area (Å²) in [5, 5.41) is 49.4. The van der Waals surface area contributed by atoms with Crippen LogP contribution in [0, 0.1) is 11.8 Å². The minimum absolute atomic E-state index is 0.0935. The molecule has 25 nitrogen and oxygen atoms in total. The van der Waals surface area contributed by atoms with Gasteiger partial charge in [-0.25, -0.2) is 0 Å². The first-order chi connectivity index (χ1) is 34.2. The van der Waals surface area contributed by atoms with E-state index in [0.29, 0.717) is 46.7 Å². The third-order valence-corrected chi connectivity index (χ3v) is 15.5. The number of carbonyl (C=O) groups excluding carboxylic acids is 9. The van der Waals surface area contributed by atoms with E-state index in [2.05, 4.69) is 42.2 Å². The fourth-order valence-electron chi connectivity index (χ4n) is 8.67. The number of aromatic nitrogens is 1. The van der Waals surface area contributed by atoms with Crippen LogP contribution in [0.4, 0.5) is 0 Å². The summed E-state index contributed by atoms with van der Waals surface area (Å²) in [6.45, 7) is 2.33. The first-order valence-electron chi connectivity index (χ1n) is 23.7. The smallest absolute Gasteiger partial charge is 0.246 e. The number of hydrogen-bond donors (Lipinski definition) is 13. The predicted molar refractivity (Wildman–Crippen MR) is 262 cm³/mol. The van der Waals surface area contributed by atoms with Gasteiger partial charge in [-0.2, -0.15) is 11.8 Å². The molecule has 0 aliphatic carbocycles. The molecule has 15 N–H and O–H groups in total. The van der Waals surface area contributed by atoms with Crippen LogP contribution in [-0.2, 0) is 66.1 Å². The summed E-state index contributed by atoms with van der Waals surface area (Å²) in [5.41, 5.74) is 12.4. The first-order valence-corrected chi connectivity index (χ1v) is 26.2. The van der Waals surface area contributed by atoms with Crippen LogP contribution >= 0.6 is 11.8 Å². The number of carbonyl (C=O) groups is 9. The maximum absolute atomic E-state index is 15.1. The van der Waals surface area contributed by atoms with Crippen molar-refractivity contribution in [1.29, 1.82) is 0 Å². The zero-order valence-electron chi connectivity index (χ0n) is 40.6. The number of amides is 9. The van der Waals surface area contributed by atoms with Gasteiger partial charge in [-0.05, 0) is 48.8 Å². The Labute approximate surface area is 422 Å². The van der Waals surface area contributed by atoms with Gasteiger partial charge in [0.1, 0.15) is 47.0 Å². The number of fused-ring (bicyclic) bond motifs is 5. The molecule has 3 aliphatic rings. The molecule has 398 valence electrons. The van der Waals surface area contributed by atoms with Crippen molar-refractivity contribution in [2.24, 2.45) is 23.3 Å². The van der Waals surface area contributed by atoms with Crippen LogP contribution in [0.2, 0.25) is 0 Å². The summed E-state index contributed by atoms with van der Waals surface area (Å²) in [7, 11) is -0.925. The van der Waals surface area contributed by atoms with E-state index in [-0.39, 0.29) is 10.6 Å². The minimum Gasteiger partial charge on any atom is -0.496 e. The van der Waals surface area contributed by atoms with Crippen molar-refractivity contribution >= 4 is 86.6 Å². The topological polar surface area (TPSA) is 396 Å². The number of benzene rings is 1. The number of nitrogens with two attached hydrogens (primary N) is 2. The SMILES string of the molecule is CC[C@H](C)[C@@H]1NC(=O)CNC(=O)[C@@H]2Cc3c([nH]c4c(CSCCCCN)c(OC)ccc34)S(=O)C[C@H](NC(=O)CNC1=O)C(=O)NC(CC(N)=O)C(=O)N1C[C@H](O)C[C@H]1C(=O)N[C@@H]([C@@H](C)[C@H](O)CO)C(=O)N2. The Kier molecular flexibility index (Phi) is 20.7. The lowest BCUT2D eigenvalue weighted by molar-refractivity contribution is -0.144. The van der Waals surface area contributed by atoms with Crippen molar-refractivity contribution in [3.63, 3.8) is 0 Å². The summed E-state index contributed by atoms with van der Waals surface area (Å²) in [6, 6.07) is -6.66. The number of thioether (sulfide) groups is 1. The normalized spacial score (nSPS) is 26.6. The average molecular weight is 1050 g/mol. The largest absolute Gasteiger partial charge is 0.496 e. The van der Waals surface area contributed by atoms with Gasteiger partial charge < -0.3 is 78.6 Å². The summed E-state index contributed by atoms with van der Waals surface area (Å²) in [4.78, 5) is 130. The molecule has 1 aromatic heterocycles. The van der Waals surface area contributed by atoms with Crippen LogP contribution in [0.25, 0.3) is 10.9 Å². The van der Waals surface area contributed by atoms with E-state index in [1.165, 1.54) is 14.0 Å². The first kappa shape index (κ1) is 57.0. The number of hydrogen-bond acceptors (Lipinski definition) is 16. The van der Waals surface area contributed by atoms with Crippen molar-refractivity contribution in [3.8, 4) is 5.75 Å². The molecule has 0 radical (unpaired) electrons. The second-order valence-electron chi connectivity index (χ2n) is 18.1. The number of nitrogens with one attached hydrogen (secondary N) is 8. The second-order valence-corrected chi connectivity index (χ2v) is 20.7. The Morgan fingerprint density at radius 2 is 1.60 bits per heavy atom. The second kappa shape index (κ2) is 26.2. The highest BCUT2D eigenvalue weighted by Crippen LogP contribution is 2.36. The molecule has 4 heterocycles. The molecule has 1 aromatic carbocycles. The quantitative estimate of drug-likeness (QED) is 0.0792. The predicted octanol–water partition coefficient (Wildman–Crippen LogP) is -4.65. The number of aromatic amines is 1. The van der Waals surface area contributed by atoms with Crippen LogP contribution < -0.4 is 53.4 Å². The van der Waals surface area contributed by atoms with E-state index in [4.69, 9.17) is 16.2 Å². The number of unbranched alkanes of at least 4 members (excludes halogenated alkanes) is 1. The Morgan fingerprint density at radius 3 is 2.25 bits per heavy atom. The fraction of sp³-hybridized carbons (Fsp3) is 0.622. The number of primary amides is 1. The molecule has 1 fully saturated rings. The van der Waals surface area contributed by atoms with Crippen LogP contribution in [-0.4, -0.2) is 182 Å². The Morgan fingerprint density at radius 1 is 0.903 bits per heavy atom. The Hall–Kier alpha value is -5.87. The lowest BCUT2D eigenvalue weighted by atomic mass is 9.93. The summed E-state index contributed by atoms with van der Waals surface area (Å²) in [6.07, 6.45) is -2.80. The number of aliphatic hydroxyl groups is 3. The standard InChI is InChI=1S/C45H67N11O14S2/c1-5-21(2)36-42(66)49-15-34(61)50-29-20-72(69)44-25(24-8-9-32(70-4)26(38(24)55-44)19-71-11-7-6-10-46)13-27(39(63)48-16-35(62)53-36)51-43(67)37(22(3)31(59)18-57)54-41(65)30-12-23(58)17-56(30)45(68)28(14-33(47)60)52-40(29)64/h8-9,21-23,27-31,36-37,55,57-59H,5-7,10-20,46H2,1-4H3,(H2,47,60)(H,48,63)(H,49,66)(H,50,61)(H,51,67)(H,52,64)(H,53,62)(H,54,65)/t21-,22-,23+,27-,28?,29-,30-,31+,36-,37-,72?/m0/s1. The average Bonchev–Trinajstić information content (AvgIpc) is 3.93. The van der Waals surface area contributed by atoms with E-state index in [1.807, 2.05) is 0 Å². The van der Waals surface area contributed by atoms with Crippen molar-refractivity contribution < 1.29 is 67.4 Å². The number of aliphatic hydroxyl groups excluding tert-OH is 3.